The first-order valence-corrected chi connectivity index (χ1v) is 10.6. The van der Waals surface area contributed by atoms with Crippen LogP contribution in [0, 0.1) is 0 Å². The van der Waals surface area contributed by atoms with E-state index in [1.54, 1.807) is 24.6 Å². The van der Waals surface area contributed by atoms with Gasteiger partial charge in [-0.05, 0) is 24.3 Å². The van der Waals surface area contributed by atoms with E-state index in [2.05, 4.69) is 20.3 Å². The smallest absolute Gasteiger partial charge is 0.250 e. The third-order valence-corrected chi connectivity index (χ3v) is 6.41. The Morgan fingerprint density at radius 1 is 1.38 bits per heavy atom. The Morgan fingerprint density at radius 2 is 2.19 bits per heavy atom. The van der Waals surface area contributed by atoms with E-state index in [1.165, 1.54) is 11.3 Å². The summed E-state index contributed by atoms with van der Waals surface area (Å²) in [6.45, 7) is 3.62. The van der Waals surface area contributed by atoms with Gasteiger partial charge in [0.05, 0.1) is 12.7 Å². The van der Waals surface area contributed by atoms with E-state index in [0.717, 1.165) is 26.0 Å². The first kappa shape index (κ1) is 23.6. The number of rotatable bonds is 10. The van der Waals surface area contributed by atoms with Gasteiger partial charge in [0.15, 0.2) is 5.96 Å². The predicted octanol–water partition coefficient (Wildman–Crippen LogP) is 1.00. The van der Waals surface area contributed by atoms with Crippen LogP contribution in [0.2, 0.25) is 0 Å². The van der Waals surface area contributed by atoms with Crippen molar-refractivity contribution in [2.45, 2.75) is 23.2 Å². The first-order chi connectivity index (χ1) is 12.1. The van der Waals surface area contributed by atoms with Crippen LogP contribution < -0.4 is 15.4 Å². The summed E-state index contributed by atoms with van der Waals surface area (Å²) in [5.41, 5.74) is 0. The fourth-order valence-corrected chi connectivity index (χ4v) is 4.32. The second-order valence-electron chi connectivity index (χ2n) is 5.47. The molecule has 0 saturated carbocycles. The van der Waals surface area contributed by atoms with Gasteiger partial charge in [0.1, 0.15) is 4.21 Å². The normalized spacial score (nSPS) is 17.7. The van der Waals surface area contributed by atoms with Crippen LogP contribution >= 0.6 is 35.3 Å². The maximum Gasteiger partial charge on any atom is 0.250 e. The summed E-state index contributed by atoms with van der Waals surface area (Å²) in [6, 6.07) is 3.30. The number of hydrogen-bond donors (Lipinski definition) is 3. The van der Waals surface area contributed by atoms with Gasteiger partial charge >= 0.3 is 0 Å². The van der Waals surface area contributed by atoms with Crippen LogP contribution in [0.3, 0.4) is 0 Å². The lowest BCUT2D eigenvalue weighted by molar-refractivity contribution is 0.0420. The number of thiophene rings is 1. The molecule has 1 aromatic heterocycles. The molecule has 0 bridgehead atoms. The van der Waals surface area contributed by atoms with Gasteiger partial charge in [-0.2, -0.15) is 0 Å². The molecule has 2 rings (SSSR count). The molecule has 0 aliphatic carbocycles. The van der Waals surface area contributed by atoms with Gasteiger partial charge in [0.2, 0.25) is 10.0 Å². The van der Waals surface area contributed by atoms with Gasteiger partial charge in [0.25, 0.3) is 0 Å². The molecule has 0 spiro atoms. The van der Waals surface area contributed by atoms with Crippen molar-refractivity contribution in [3.63, 3.8) is 0 Å². The average molecular weight is 518 g/mol. The summed E-state index contributed by atoms with van der Waals surface area (Å²) in [7, 11) is -1.73. The minimum Gasteiger partial charge on any atom is -0.379 e. The van der Waals surface area contributed by atoms with Crippen LogP contribution in [0.25, 0.3) is 0 Å². The highest BCUT2D eigenvalue weighted by Crippen LogP contribution is 2.14. The SMILES string of the molecule is CN=C(NCCCOC1CCOC1)NCCNS(=O)(=O)c1cccs1.I. The lowest BCUT2D eigenvalue weighted by Gasteiger charge is -2.13. The minimum atomic E-state index is -3.41. The number of sulfonamides is 1. The highest BCUT2D eigenvalue weighted by Gasteiger charge is 2.15. The molecule has 0 radical (unpaired) electrons. The molecule has 1 fully saturated rings. The molecule has 3 N–H and O–H groups in total. The molecule has 1 aliphatic rings. The van der Waals surface area contributed by atoms with E-state index in [-0.39, 0.29) is 36.6 Å². The summed E-state index contributed by atoms with van der Waals surface area (Å²) in [5.74, 6) is 0.638. The van der Waals surface area contributed by atoms with Gasteiger partial charge in [-0.15, -0.1) is 35.3 Å². The molecule has 150 valence electrons. The largest absolute Gasteiger partial charge is 0.379 e. The quantitative estimate of drug-likeness (QED) is 0.185. The van der Waals surface area contributed by atoms with Crippen molar-refractivity contribution >= 4 is 51.3 Å². The molecule has 11 heteroatoms. The molecule has 0 aromatic carbocycles. The number of aliphatic imine (C=N–C) groups is 1. The van der Waals surface area contributed by atoms with E-state index in [0.29, 0.717) is 29.9 Å². The van der Waals surface area contributed by atoms with Crippen LogP contribution in [0.15, 0.2) is 26.7 Å². The summed E-state index contributed by atoms with van der Waals surface area (Å²) < 4.78 is 37.7. The van der Waals surface area contributed by atoms with Crippen LogP contribution in [0.4, 0.5) is 0 Å². The Kier molecular flexibility index (Phi) is 11.6. The molecule has 26 heavy (non-hydrogen) atoms. The topological polar surface area (TPSA) is 101 Å². The van der Waals surface area contributed by atoms with Crippen molar-refractivity contribution in [1.82, 2.24) is 15.4 Å². The van der Waals surface area contributed by atoms with Gasteiger partial charge in [-0.1, -0.05) is 6.07 Å². The Hall–Kier alpha value is -0.470. The van der Waals surface area contributed by atoms with Crippen molar-refractivity contribution < 1.29 is 17.9 Å². The maximum absolute atomic E-state index is 12.0. The van der Waals surface area contributed by atoms with Gasteiger partial charge < -0.3 is 20.1 Å². The van der Waals surface area contributed by atoms with Crippen molar-refractivity contribution in [2.75, 3.05) is 46.5 Å². The fraction of sp³-hybridized carbons (Fsp3) is 0.667. The Balaban J connectivity index is 0.00000338. The van der Waals surface area contributed by atoms with E-state index < -0.39 is 10.0 Å². The molecule has 1 unspecified atom stereocenters. The lowest BCUT2D eigenvalue weighted by atomic mass is 10.3. The van der Waals surface area contributed by atoms with E-state index in [1.807, 2.05) is 0 Å². The van der Waals surface area contributed by atoms with Crippen LogP contribution in [0.5, 0.6) is 0 Å². The Morgan fingerprint density at radius 3 is 2.85 bits per heavy atom. The van der Waals surface area contributed by atoms with E-state index in [9.17, 15) is 8.42 Å². The Bertz CT molecular complexity index is 620. The molecule has 8 nitrogen and oxygen atoms in total. The van der Waals surface area contributed by atoms with Gasteiger partial charge in [-0.3, -0.25) is 4.99 Å². The van der Waals surface area contributed by atoms with Gasteiger partial charge in [0, 0.05) is 39.9 Å². The molecule has 1 saturated heterocycles. The van der Waals surface area contributed by atoms with Gasteiger partial charge in [-0.25, -0.2) is 13.1 Å². The number of ether oxygens (including phenoxy) is 2. The number of halogens is 1. The monoisotopic (exact) mass is 518 g/mol. The predicted molar refractivity (Wildman–Crippen MR) is 114 cm³/mol. The molecule has 1 aliphatic heterocycles. The number of nitrogens with zero attached hydrogens (tertiary/aromatic N) is 1. The number of nitrogens with one attached hydrogen (secondary N) is 3. The number of guanidine groups is 1. The van der Waals surface area contributed by atoms with Crippen molar-refractivity contribution in [3.05, 3.63) is 17.5 Å². The van der Waals surface area contributed by atoms with Crippen molar-refractivity contribution in [2.24, 2.45) is 4.99 Å². The van der Waals surface area contributed by atoms with E-state index >= 15 is 0 Å². The summed E-state index contributed by atoms with van der Waals surface area (Å²) in [4.78, 5) is 4.11. The second kappa shape index (κ2) is 12.8. The molecular weight excluding hydrogens is 491 g/mol. The molecule has 2 heterocycles. The summed E-state index contributed by atoms with van der Waals surface area (Å²) in [6.07, 6.45) is 2.06. The highest BCUT2D eigenvalue weighted by molar-refractivity contribution is 14.0. The Labute approximate surface area is 176 Å². The number of hydrogen-bond acceptors (Lipinski definition) is 6. The summed E-state index contributed by atoms with van der Waals surface area (Å²) in [5, 5.41) is 7.98. The van der Waals surface area contributed by atoms with Crippen molar-refractivity contribution in [3.8, 4) is 0 Å². The standard InChI is InChI=1S/C15H26N4O4S2.HI/c1-16-15(17-6-3-9-23-13-5-10-22-12-13)18-7-8-19-25(20,21)14-4-2-11-24-14;/h2,4,11,13,19H,3,5-10,12H2,1H3,(H2,16,17,18);1H. The maximum atomic E-state index is 12.0. The average Bonchev–Trinajstić information content (AvgIpc) is 3.30. The second-order valence-corrected chi connectivity index (χ2v) is 8.41. The lowest BCUT2D eigenvalue weighted by Crippen LogP contribution is -2.41. The fourth-order valence-electron chi connectivity index (χ4n) is 2.25. The zero-order valence-electron chi connectivity index (χ0n) is 14.8. The van der Waals surface area contributed by atoms with Crippen LogP contribution in [-0.2, 0) is 19.5 Å². The highest BCUT2D eigenvalue weighted by atomic mass is 127. The first-order valence-electron chi connectivity index (χ1n) is 8.29. The third kappa shape index (κ3) is 8.48. The summed E-state index contributed by atoms with van der Waals surface area (Å²) >= 11 is 1.20. The third-order valence-electron chi connectivity index (χ3n) is 3.55. The zero-order chi connectivity index (χ0) is 18.0. The molecule has 1 atom stereocenters. The van der Waals surface area contributed by atoms with Crippen molar-refractivity contribution in [1.29, 1.82) is 0 Å². The minimum absolute atomic E-state index is 0. The zero-order valence-corrected chi connectivity index (χ0v) is 18.7. The molecular formula is C15H27IN4O4S2. The van der Waals surface area contributed by atoms with Crippen LogP contribution in [-0.4, -0.2) is 67.0 Å². The molecule has 0 amide bonds. The van der Waals surface area contributed by atoms with Crippen LogP contribution in [0.1, 0.15) is 12.8 Å². The van der Waals surface area contributed by atoms with E-state index in [4.69, 9.17) is 9.47 Å². The molecule has 1 aromatic rings.